The largest absolute Gasteiger partial charge is 0.286 e. The van der Waals surface area contributed by atoms with Crippen molar-refractivity contribution in [3.05, 3.63) is 74.6 Å². The smallest absolute Gasteiger partial charge is 0.266 e. The third-order valence-corrected chi connectivity index (χ3v) is 5.76. The zero-order valence-corrected chi connectivity index (χ0v) is 15.8. The third kappa shape index (κ3) is 3.38. The van der Waals surface area contributed by atoms with E-state index in [1.54, 1.807) is 29.2 Å². The quantitative estimate of drug-likeness (QED) is 0.474. The van der Waals surface area contributed by atoms with Gasteiger partial charge in [0.2, 0.25) is 0 Å². The lowest BCUT2D eigenvalue weighted by molar-refractivity contribution is -0.123. The van der Waals surface area contributed by atoms with Crippen LogP contribution in [0.1, 0.15) is 24.1 Å². The van der Waals surface area contributed by atoms with Crippen molar-refractivity contribution in [3.8, 4) is 0 Å². The molecule has 0 aromatic heterocycles. The van der Waals surface area contributed by atoms with Crippen LogP contribution in [0.5, 0.6) is 0 Å². The highest BCUT2D eigenvalue weighted by molar-refractivity contribution is 8.26. The Kier molecular flexibility index (Phi) is 5.30. The van der Waals surface area contributed by atoms with Gasteiger partial charge in [0.15, 0.2) is 0 Å². The van der Waals surface area contributed by atoms with Crippen molar-refractivity contribution in [2.75, 3.05) is 0 Å². The molecular weight excluding hydrogens is 381 g/mol. The lowest BCUT2D eigenvalue weighted by atomic mass is 10.1. The first kappa shape index (κ1) is 17.5. The topological polar surface area (TPSA) is 20.3 Å². The number of carbonyl (C=O) groups is 1. The van der Waals surface area contributed by atoms with E-state index in [2.05, 4.69) is 0 Å². The fraction of sp³-hybridized carbons (Fsp3) is 0.111. The van der Waals surface area contributed by atoms with E-state index in [1.807, 2.05) is 37.3 Å². The average molecular weight is 394 g/mol. The molecule has 1 atom stereocenters. The van der Waals surface area contributed by atoms with E-state index in [0.717, 1.165) is 5.56 Å². The van der Waals surface area contributed by atoms with Gasteiger partial charge in [-0.3, -0.25) is 9.69 Å². The molecule has 0 unspecified atom stereocenters. The molecule has 0 saturated carbocycles. The molecule has 1 heterocycles. The van der Waals surface area contributed by atoms with Crippen molar-refractivity contribution < 1.29 is 4.79 Å². The molecule has 24 heavy (non-hydrogen) atoms. The van der Waals surface area contributed by atoms with E-state index in [0.29, 0.717) is 24.8 Å². The molecule has 122 valence electrons. The van der Waals surface area contributed by atoms with Crippen LogP contribution in [0.2, 0.25) is 10.0 Å². The lowest BCUT2D eigenvalue weighted by Gasteiger charge is -2.23. The van der Waals surface area contributed by atoms with Gasteiger partial charge in [0.1, 0.15) is 4.32 Å². The summed E-state index contributed by atoms with van der Waals surface area (Å²) in [5.74, 6) is -0.127. The summed E-state index contributed by atoms with van der Waals surface area (Å²) in [5, 5.41) is 1.01. The van der Waals surface area contributed by atoms with Crippen LogP contribution in [-0.4, -0.2) is 15.1 Å². The molecule has 0 aliphatic carbocycles. The molecule has 2 aromatic carbocycles. The van der Waals surface area contributed by atoms with Gasteiger partial charge in [-0.25, -0.2) is 0 Å². The first-order valence-electron chi connectivity index (χ1n) is 7.25. The Morgan fingerprint density at radius 2 is 1.71 bits per heavy atom. The minimum Gasteiger partial charge on any atom is -0.286 e. The number of thioether (sulfide) groups is 1. The highest BCUT2D eigenvalue weighted by Crippen LogP contribution is 2.39. The fourth-order valence-electron chi connectivity index (χ4n) is 2.47. The van der Waals surface area contributed by atoms with E-state index in [-0.39, 0.29) is 11.9 Å². The molecule has 3 rings (SSSR count). The lowest BCUT2D eigenvalue weighted by Crippen LogP contribution is -2.30. The predicted octanol–water partition coefficient (Wildman–Crippen LogP) is 5.96. The van der Waals surface area contributed by atoms with Crippen molar-refractivity contribution in [2.24, 2.45) is 0 Å². The Hall–Kier alpha value is -1.33. The van der Waals surface area contributed by atoms with Crippen LogP contribution in [0.4, 0.5) is 0 Å². The molecule has 0 N–H and O–H groups in total. The molecule has 2 aromatic rings. The van der Waals surface area contributed by atoms with Gasteiger partial charge in [0.25, 0.3) is 5.91 Å². The highest BCUT2D eigenvalue weighted by Gasteiger charge is 2.36. The number of hydrogen-bond acceptors (Lipinski definition) is 3. The second kappa shape index (κ2) is 7.28. The summed E-state index contributed by atoms with van der Waals surface area (Å²) in [7, 11) is 0. The second-order valence-corrected chi connectivity index (χ2v) is 7.76. The Morgan fingerprint density at radius 1 is 1.08 bits per heavy atom. The first-order chi connectivity index (χ1) is 11.5. The molecule has 2 nitrogen and oxygen atoms in total. The monoisotopic (exact) mass is 393 g/mol. The number of thiocarbonyl (C=S) groups is 1. The normalized spacial score (nSPS) is 17.6. The maximum absolute atomic E-state index is 12.8. The first-order valence-corrected chi connectivity index (χ1v) is 9.23. The fourth-order valence-corrected chi connectivity index (χ4v) is 4.38. The minimum atomic E-state index is -0.133. The number of halogens is 2. The van der Waals surface area contributed by atoms with Gasteiger partial charge in [0.05, 0.1) is 10.9 Å². The number of rotatable bonds is 3. The van der Waals surface area contributed by atoms with E-state index < -0.39 is 0 Å². The predicted molar refractivity (Wildman–Crippen MR) is 106 cm³/mol. The standard InChI is InChI=1S/C18H13Cl2NOS2/c1-11(12-6-3-2-4-7-12)21-17(22)16(24-18(21)23)10-13-14(19)8-5-9-15(13)20/h2-11H,1H3/b16-10-/t11-/m0/s1. The summed E-state index contributed by atoms with van der Waals surface area (Å²) < 4.78 is 0.533. The molecule has 1 fully saturated rings. The number of amides is 1. The van der Waals surface area contributed by atoms with E-state index in [9.17, 15) is 4.79 Å². The Labute approximate surface area is 160 Å². The van der Waals surface area contributed by atoms with Crippen LogP contribution in [-0.2, 0) is 4.79 Å². The van der Waals surface area contributed by atoms with E-state index in [1.165, 1.54) is 11.8 Å². The number of nitrogens with zero attached hydrogens (tertiary/aromatic N) is 1. The number of hydrogen-bond donors (Lipinski definition) is 0. The van der Waals surface area contributed by atoms with Crippen LogP contribution >= 0.6 is 47.2 Å². The van der Waals surface area contributed by atoms with Gasteiger partial charge in [0, 0.05) is 15.6 Å². The molecule has 1 aliphatic rings. The van der Waals surface area contributed by atoms with Crippen LogP contribution in [0.3, 0.4) is 0 Å². The Morgan fingerprint density at radius 3 is 2.33 bits per heavy atom. The van der Waals surface area contributed by atoms with Crippen molar-refractivity contribution >= 4 is 63.5 Å². The molecule has 0 radical (unpaired) electrons. The van der Waals surface area contributed by atoms with Crippen LogP contribution in [0, 0.1) is 0 Å². The van der Waals surface area contributed by atoms with Crippen LogP contribution < -0.4 is 0 Å². The molecule has 1 saturated heterocycles. The van der Waals surface area contributed by atoms with Crippen molar-refractivity contribution in [2.45, 2.75) is 13.0 Å². The maximum Gasteiger partial charge on any atom is 0.266 e. The maximum atomic E-state index is 12.8. The average Bonchev–Trinajstić information content (AvgIpc) is 2.85. The zero-order chi connectivity index (χ0) is 17.3. The zero-order valence-electron chi connectivity index (χ0n) is 12.7. The number of benzene rings is 2. The molecular formula is C18H13Cl2NOS2. The molecule has 1 amide bonds. The molecule has 6 heteroatoms. The summed E-state index contributed by atoms with van der Waals surface area (Å²) >= 11 is 19.1. The minimum absolute atomic E-state index is 0.127. The second-order valence-electron chi connectivity index (χ2n) is 5.27. The SMILES string of the molecule is C[C@@H](c1ccccc1)N1C(=O)/C(=C/c2c(Cl)cccc2Cl)SC1=S. The summed E-state index contributed by atoms with van der Waals surface area (Å²) in [6, 6.07) is 14.9. The van der Waals surface area contributed by atoms with Gasteiger partial charge in [-0.05, 0) is 30.7 Å². The Balaban J connectivity index is 1.94. The van der Waals surface area contributed by atoms with Gasteiger partial charge < -0.3 is 0 Å². The molecule has 1 aliphatic heterocycles. The highest BCUT2D eigenvalue weighted by atomic mass is 35.5. The van der Waals surface area contributed by atoms with Crippen molar-refractivity contribution in [1.29, 1.82) is 0 Å². The van der Waals surface area contributed by atoms with E-state index >= 15 is 0 Å². The van der Waals surface area contributed by atoms with Gasteiger partial charge in [-0.15, -0.1) is 0 Å². The van der Waals surface area contributed by atoms with E-state index in [4.69, 9.17) is 35.4 Å². The van der Waals surface area contributed by atoms with Gasteiger partial charge >= 0.3 is 0 Å². The number of carbonyl (C=O) groups excluding carboxylic acids is 1. The van der Waals surface area contributed by atoms with Crippen molar-refractivity contribution in [1.82, 2.24) is 4.90 Å². The van der Waals surface area contributed by atoms with Gasteiger partial charge in [-0.2, -0.15) is 0 Å². The summed E-state index contributed by atoms with van der Waals surface area (Å²) in [6.07, 6.45) is 1.71. The molecule has 0 bridgehead atoms. The summed E-state index contributed by atoms with van der Waals surface area (Å²) in [4.78, 5) is 15.0. The molecule has 0 spiro atoms. The van der Waals surface area contributed by atoms with Crippen LogP contribution in [0.15, 0.2) is 53.4 Å². The van der Waals surface area contributed by atoms with Crippen LogP contribution in [0.25, 0.3) is 6.08 Å². The Bertz CT molecular complexity index is 816. The van der Waals surface area contributed by atoms with Gasteiger partial charge in [-0.1, -0.05) is 83.6 Å². The van der Waals surface area contributed by atoms with Crippen molar-refractivity contribution in [3.63, 3.8) is 0 Å². The summed E-state index contributed by atoms with van der Waals surface area (Å²) in [5.41, 5.74) is 1.67. The third-order valence-electron chi connectivity index (χ3n) is 3.77. The summed E-state index contributed by atoms with van der Waals surface area (Å²) in [6.45, 7) is 1.96.